The highest BCUT2D eigenvalue weighted by Gasteiger charge is 1.78. The molecule has 0 amide bonds. The second-order valence-electron chi connectivity index (χ2n) is 1.06. The van der Waals surface area contributed by atoms with Crippen molar-refractivity contribution in [3.05, 3.63) is 11.1 Å². The summed E-state index contributed by atoms with van der Waals surface area (Å²) in [7, 11) is 0. The van der Waals surface area contributed by atoms with Crippen LogP contribution in [-0.4, -0.2) is 11.2 Å². The summed E-state index contributed by atoms with van der Waals surface area (Å²) in [6.07, 6.45) is 1.31. The Morgan fingerprint density at radius 1 is 1.83 bits per heavy atom. The summed E-state index contributed by atoms with van der Waals surface area (Å²) >= 11 is 3.01. The first kappa shape index (κ1) is 6.18. The predicted octanol–water partition coefficient (Wildman–Crippen LogP) is 1.28. The molecule has 0 aromatic carbocycles. The Morgan fingerprint density at radius 2 is 2.33 bits per heavy atom. The van der Waals surface area contributed by atoms with Crippen LogP contribution in [0.4, 0.5) is 0 Å². The second-order valence-corrected chi connectivity index (χ2v) is 1.59. The van der Waals surface area contributed by atoms with E-state index in [1.165, 1.54) is 0 Å². The van der Waals surface area contributed by atoms with Gasteiger partial charge in [-0.3, -0.25) is 0 Å². The van der Waals surface area contributed by atoms with Gasteiger partial charge in [-0.25, -0.2) is 0 Å². The maximum absolute atomic E-state index is 8.44. The number of rotatable bonds is 1. The molecule has 36 valence electrons. The van der Waals surface area contributed by atoms with Crippen molar-refractivity contribution in [1.82, 2.24) is 0 Å². The minimum absolute atomic E-state index is 0.329. The van der Waals surface area contributed by atoms with Gasteiger partial charge in [0.2, 0.25) is 0 Å². The lowest BCUT2D eigenvalue weighted by Gasteiger charge is -1.86. The Labute approximate surface area is 45.8 Å². The zero-order valence-corrected chi connectivity index (χ0v) is 5.14. The molecule has 1 unspecified atom stereocenters. The van der Waals surface area contributed by atoms with E-state index in [-0.39, 0.29) is 6.10 Å². The summed E-state index contributed by atoms with van der Waals surface area (Å²) in [6, 6.07) is 0. The molecular weight excluding hydrogens is 144 g/mol. The first-order chi connectivity index (χ1) is 2.77. The lowest BCUT2D eigenvalue weighted by atomic mass is 10.4. The Balaban J connectivity index is 3.03. The highest BCUT2D eigenvalue weighted by atomic mass is 79.9. The van der Waals surface area contributed by atoms with Crippen LogP contribution in [0, 0.1) is 0 Å². The van der Waals surface area contributed by atoms with Crippen molar-refractivity contribution in [2.24, 2.45) is 0 Å². The predicted molar refractivity (Wildman–Crippen MR) is 29.7 cm³/mol. The number of hydrogen-bond acceptors (Lipinski definition) is 1. The summed E-state index contributed by atoms with van der Waals surface area (Å²) in [5, 5.41) is 8.44. The maximum atomic E-state index is 8.44. The molecule has 0 bridgehead atoms. The number of hydrogen-bond donors (Lipinski definition) is 1. The molecular formula is C4H7BrO. The fourth-order valence-electron chi connectivity index (χ4n) is 0.105. The van der Waals surface area contributed by atoms with E-state index in [1.54, 1.807) is 18.0 Å². The van der Waals surface area contributed by atoms with E-state index in [1.807, 2.05) is 0 Å². The quantitative estimate of drug-likeness (QED) is 0.598. The molecule has 0 saturated carbocycles. The standard InChI is InChI=1S/C4H7BrO/c1-4(6)2-3-5/h2-4,6H,1H3. The third kappa shape index (κ3) is 4.18. The Bertz CT molecular complexity index is 49.5. The smallest absolute Gasteiger partial charge is 0.0700 e. The van der Waals surface area contributed by atoms with Crippen LogP contribution in [0.15, 0.2) is 11.1 Å². The molecule has 0 aromatic rings. The molecule has 6 heavy (non-hydrogen) atoms. The molecule has 0 aliphatic heterocycles. The molecule has 0 radical (unpaired) electrons. The maximum Gasteiger partial charge on any atom is 0.0700 e. The monoisotopic (exact) mass is 150 g/mol. The van der Waals surface area contributed by atoms with Crippen LogP contribution in [0.3, 0.4) is 0 Å². The lowest BCUT2D eigenvalue weighted by Crippen LogP contribution is -1.89. The van der Waals surface area contributed by atoms with Crippen molar-refractivity contribution < 1.29 is 5.11 Å². The minimum Gasteiger partial charge on any atom is -0.389 e. The van der Waals surface area contributed by atoms with E-state index in [0.29, 0.717) is 0 Å². The fraction of sp³-hybridized carbons (Fsp3) is 0.500. The first-order valence-electron chi connectivity index (χ1n) is 1.72. The number of halogens is 1. The van der Waals surface area contributed by atoms with Crippen LogP contribution in [0.1, 0.15) is 6.92 Å². The zero-order valence-electron chi connectivity index (χ0n) is 3.56. The van der Waals surface area contributed by atoms with Crippen LogP contribution in [0.2, 0.25) is 0 Å². The van der Waals surface area contributed by atoms with Gasteiger partial charge in [-0.2, -0.15) is 0 Å². The summed E-state index contributed by atoms with van der Waals surface area (Å²) in [6.45, 7) is 1.69. The van der Waals surface area contributed by atoms with E-state index in [0.717, 1.165) is 0 Å². The zero-order chi connectivity index (χ0) is 4.99. The van der Waals surface area contributed by atoms with E-state index in [2.05, 4.69) is 15.9 Å². The van der Waals surface area contributed by atoms with Crippen LogP contribution in [0.5, 0.6) is 0 Å². The third-order valence-electron chi connectivity index (χ3n) is 0.351. The third-order valence-corrected chi connectivity index (χ3v) is 0.656. The SMILES string of the molecule is CC(O)C=CBr. The van der Waals surface area contributed by atoms with Crippen molar-refractivity contribution in [3.8, 4) is 0 Å². The Morgan fingerprint density at radius 3 is 2.33 bits per heavy atom. The minimum atomic E-state index is -0.329. The van der Waals surface area contributed by atoms with Gasteiger partial charge in [0.1, 0.15) is 0 Å². The number of aliphatic hydroxyl groups excluding tert-OH is 1. The molecule has 0 rings (SSSR count). The summed E-state index contributed by atoms with van der Waals surface area (Å²) in [5.41, 5.74) is 0. The van der Waals surface area contributed by atoms with E-state index < -0.39 is 0 Å². The summed E-state index contributed by atoms with van der Waals surface area (Å²) in [4.78, 5) is 1.64. The van der Waals surface area contributed by atoms with Crippen LogP contribution in [0.25, 0.3) is 0 Å². The Hall–Kier alpha value is 0.180. The molecule has 0 heterocycles. The van der Waals surface area contributed by atoms with Gasteiger partial charge in [0.05, 0.1) is 6.10 Å². The van der Waals surface area contributed by atoms with Gasteiger partial charge in [0, 0.05) is 0 Å². The molecule has 0 aromatic heterocycles. The van der Waals surface area contributed by atoms with Gasteiger partial charge in [-0.05, 0) is 18.0 Å². The molecule has 1 N–H and O–H groups in total. The van der Waals surface area contributed by atoms with Gasteiger partial charge < -0.3 is 5.11 Å². The molecule has 2 heteroatoms. The molecule has 0 fully saturated rings. The average molecular weight is 151 g/mol. The van der Waals surface area contributed by atoms with Crippen LogP contribution >= 0.6 is 15.9 Å². The van der Waals surface area contributed by atoms with Gasteiger partial charge in [-0.15, -0.1) is 0 Å². The summed E-state index contributed by atoms with van der Waals surface area (Å²) < 4.78 is 0. The topological polar surface area (TPSA) is 20.2 Å². The fourth-order valence-corrected chi connectivity index (χ4v) is 0.547. The number of aliphatic hydroxyl groups is 1. The van der Waals surface area contributed by atoms with Gasteiger partial charge in [-0.1, -0.05) is 15.9 Å². The van der Waals surface area contributed by atoms with Crippen molar-refractivity contribution in [1.29, 1.82) is 0 Å². The van der Waals surface area contributed by atoms with Gasteiger partial charge in [0.25, 0.3) is 0 Å². The van der Waals surface area contributed by atoms with Crippen molar-refractivity contribution >= 4 is 15.9 Å². The average Bonchev–Trinajstić information content (AvgIpc) is 1.35. The van der Waals surface area contributed by atoms with E-state index in [4.69, 9.17) is 5.11 Å². The van der Waals surface area contributed by atoms with E-state index >= 15 is 0 Å². The lowest BCUT2D eigenvalue weighted by molar-refractivity contribution is 0.244. The van der Waals surface area contributed by atoms with E-state index in [9.17, 15) is 0 Å². The highest BCUT2D eigenvalue weighted by molar-refractivity contribution is 9.11. The molecule has 1 nitrogen and oxygen atoms in total. The Kier molecular flexibility index (Phi) is 3.47. The molecule has 0 aliphatic carbocycles. The van der Waals surface area contributed by atoms with Gasteiger partial charge in [0.15, 0.2) is 0 Å². The largest absolute Gasteiger partial charge is 0.389 e. The van der Waals surface area contributed by atoms with Gasteiger partial charge >= 0.3 is 0 Å². The molecule has 0 aliphatic rings. The highest BCUT2D eigenvalue weighted by Crippen LogP contribution is 1.86. The summed E-state index contributed by atoms with van der Waals surface area (Å²) in [5.74, 6) is 0. The van der Waals surface area contributed by atoms with Crippen LogP contribution < -0.4 is 0 Å². The molecule has 0 spiro atoms. The van der Waals surface area contributed by atoms with Crippen molar-refractivity contribution in [2.45, 2.75) is 13.0 Å². The molecule has 0 saturated heterocycles. The van der Waals surface area contributed by atoms with Crippen LogP contribution in [-0.2, 0) is 0 Å². The second kappa shape index (κ2) is 3.37. The molecule has 1 atom stereocenters. The first-order valence-corrected chi connectivity index (χ1v) is 2.64. The normalized spacial score (nSPS) is 15.8. The van der Waals surface area contributed by atoms with Crippen molar-refractivity contribution in [2.75, 3.05) is 0 Å². The van der Waals surface area contributed by atoms with Crippen molar-refractivity contribution in [3.63, 3.8) is 0 Å².